The molecule has 37 heavy (non-hydrogen) atoms. The molecule has 2 N–H and O–H groups in total. The Labute approximate surface area is 218 Å². The molecular weight excluding hydrogens is 469 g/mol. The largest absolute Gasteiger partial charge is 0.343 e. The predicted molar refractivity (Wildman–Crippen MR) is 142 cm³/mol. The van der Waals surface area contributed by atoms with Gasteiger partial charge in [0.25, 0.3) is 0 Å². The smallest absolute Gasteiger partial charge is 0.245 e. The van der Waals surface area contributed by atoms with Gasteiger partial charge in [-0.15, -0.1) is 0 Å². The fourth-order valence-corrected chi connectivity index (χ4v) is 6.19. The maximum absolute atomic E-state index is 14.0. The Morgan fingerprint density at radius 1 is 1.05 bits per heavy atom. The van der Waals surface area contributed by atoms with Crippen molar-refractivity contribution in [2.45, 2.75) is 76.4 Å². The molecule has 1 aromatic carbocycles. The molecule has 0 unspecified atom stereocenters. The van der Waals surface area contributed by atoms with Crippen molar-refractivity contribution in [1.82, 2.24) is 20.5 Å². The van der Waals surface area contributed by atoms with Gasteiger partial charge in [-0.2, -0.15) is 0 Å². The number of amides is 2. The number of nitrogens with one attached hydrogen (secondary N) is 2. The fraction of sp³-hybridized carbons (Fsp3) is 0.552. The van der Waals surface area contributed by atoms with E-state index in [4.69, 9.17) is 0 Å². The summed E-state index contributed by atoms with van der Waals surface area (Å²) < 4.78 is 14.0. The van der Waals surface area contributed by atoms with Gasteiger partial charge in [-0.25, -0.2) is 9.37 Å². The Hall–Kier alpha value is -3.00. The summed E-state index contributed by atoms with van der Waals surface area (Å²) in [5.41, 5.74) is 3.02. The molecular formula is C29H38FN5O2. The van der Waals surface area contributed by atoms with Crippen LogP contribution in [-0.4, -0.2) is 53.9 Å². The van der Waals surface area contributed by atoms with Gasteiger partial charge in [0.05, 0.1) is 12.1 Å². The van der Waals surface area contributed by atoms with E-state index >= 15 is 0 Å². The molecule has 0 spiro atoms. The molecule has 7 nitrogen and oxygen atoms in total. The van der Waals surface area contributed by atoms with Crippen molar-refractivity contribution in [2.75, 3.05) is 25.0 Å². The van der Waals surface area contributed by atoms with Gasteiger partial charge in [-0.05, 0) is 87.4 Å². The lowest BCUT2D eigenvalue weighted by Crippen LogP contribution is -2.55. The number of pyridine rings is 1. The number of anilines is 2. The maximum atomic E-state index is 14.0. The van der Waals surface area contributed by atoms with E-state index in [1.165, 1.54) is 12.5 Å². The van der Waals surface area contributed by atoms with Crippen molar-refractivity contribution in [3.63, 3.8) is 0 Å². The average Bonchev–Trinajstić information content (AvgIpc) is 3.59. The third kappa shape index (κ3) is 5.35. The predicted octanol–water partition coefficient (Wildman–Crippen LogP) is 4.25. The summed E-state index contributed by atoms with van der Waals surface area (Å²) in [6, 6.07) is 8.04. The van der Waals surface area contributed by atoms with E-state index < -0.39 is 6.04 Å². The number of halogens is 1. The first kappa shape index (κ1) is 25.6. The Morgan fingerprint density at radius 2 is 1.86 bits per heavy atom. The number of fused-ring (bicyclic) bond motifs is 1. The second-order valence-corrected chi connectivity index (χ2v) is 10.7. The first-order chi connectivity index (χ1) is 18.0. The van der Waals surface area contributed by atoms with Crippen LogP contribution in [0.2, 0.25) is 0 Å². The molecule has 2 aromatic rings. The number of hydrogen-bond donors (Lipinski definition) is 2. The summed E-state index contributed by atoms with van der Waals surface area (Å²) in [4.78, 5) is 35.5. The molecule has 5 rings (SSSR count). The monoisotopic (exact) mass is 507 g/mol. The zero-order valence-electron chi connectivity index (χ0n) is 21.9. The molecule has 198 valence electrons. The highest BCUT2D eigenvalue weighted by molar-refractivity contribution is 5.90. The van der Waals surface area contributed by atoms with Crippen molar-refractivity contribution < 1.29 is 14.0 Å². The SMILES string of the molecule is CN[C@@H](C)C(=O)N[C@H](C(=O)N1CCC[C@H]1c1ccnc(N2CCc3ccc(F)cc32)c1)C1CCCCC1. The van der Waals surface area contributed by atoms with Crippen LogP contribution in [0.5, 0.6) is 0 Å². The van der Waals surface area contributed by atoms with Crippen LogP contribution in [0.4, 0.5) is 15.9 Å². The van der Waals surface area contributed by atoms with E-state index in [2.05, 4.69) is 20.5 Å². The van der Waals surface area contributed by atoms with Gasteiger partial charge in [-0.1, -0.05) is 25.3 Å². The topological polar surface area (TPSA) is 77.6 Å². The van der Waals surface area contributed by atoms with Gasteiger partial charge in [0, 0.05) is 25.0 Å². The lowest BCUT2D eigenvalue weighted by molar-refractivity contribution is -0.139. The molecule has 0 radical (unpaired) electrons. The first-order valence-electron chi connectivity index (χ1n) is 13.8. The number of hydrogen-bond acceptors (Lipinski definition) is 5. The van der Waals surface area contributed by atoms with E-state index in [9.17, 15) is 14.0 Å². The summed E-state index contributed by atoms with van der Waals surface area (Å²) >= 11 is 0. The van der Waals surface area contributed by atoms with Crippen LogP contribution < -0.4 is 15.5 Å². The molecule has 1 aliphatic carbocycles. The van der Waals surface area contributed by atoms with Crippen LogP contribution in [0.1, 0.15) is 69.0 Å². The highest BCUT2D eigenvalue weighted by Gasteiger charge is 2.39. The highest BCUT2D eigenvalue weighted by atomic mass is 19.1. The third-order valence-electron chi connectivity index (χ3n) is 8.42. The molecule has 3 heterocycles. The number of nitrogens with zero attached hydrogens (tertiary/aromatic N) is 3. The van der Waals surface area contributed by atoms with Crippen molar-refractivity contribution in [3.8, 4) is 0 Å². The lowest BCUT2D eigenvalue weighted by atomic mass is 9.83. The van der Waals surface area contributed by atoms with E-state index in [-0.39, 0.29) is 35.6 Å². The number of rotatable bonds is 7. The molecule has 2 amide bonds. The second-order valence-electron chi connectivity index (χ2n) is 10.7. The zero-order chi connectivity index (χ0) is 25.9. The lowest BCUT2D eigenvalue weighted by Gasteiger charge is -2.35. The number of carbonyl (C=O) groups excluding carboxylic acids is 2. The summed E-state index contributed by atoms with van der Waals surface area (Å²) in [6.07, 6.45) is 9.75. The first-order valence-corrected chi connectivity index (χ1v) is 13.8. The minimum atomic E-state index is -0.501. The van der Waals surface area contributed by atoms with Crippen molar-refractivity contribution in [2.24, 2.45) is 5.92 Å². The van der Waals surface area contributed by atoms with Crippen molar-refractivity contribution in [1.29, 1.82) is 0 Å². The van der Waals surface area contributed by atoms with E-state index in [1.807, 2.05) is 30.0 Å². The zero-order valence-corrected chi connectivity index (χ0v) is 21.9. The van der Waals surface area contributed by atoms with Crippen LogP contribution in [0.15, 0.2) is 36.5 Å². The van der Waals surface area contributed by atoms with Crippen LogP contribution in [-0.2, 0) is 16.0 Å². The molecule has 8 heteroatoms. The molecule has 3 atom stereocenters. The number of benzene rings is 1. The number of likely N-dealkylation sites (N-methyl/N-ethyl adjacent to an activating group) is 1. The Bertz CT molecular complexity index is 1140. The van der Waals surface area contributed by atoms with Gasteiger partial charge in [0.15, 0.2) is 0 Å². The molecule has 0 bridgehead atoms. The average molecular weight is 508 g/mol. The molecule has 1 aromatic heterocycles. The quantitative estimate of drug-likeness (QED) is 0.586. The molecule has 2 aliphatic heterocycles. The van der Waals surface area contributed by atoms with E-state index in [0.29, 0.717) is 6.54 Å². The molecule has 1 saturated heterocycles. The second kappa shape index (κ2) is 11.2. The van der Waals surface area contributed by atoms with E-state index in [1.54, 1.807) is 19.3 Å². The molecule has 2 fully saturated rings. The number of aromatic nitrogens is 1. The van der Waals surface area contributed by atoms with E-state index in [0.717, 1.165) is 74.1 Å². The maximum Gasteiger partial charge on any atom is 0.245 e. The summed E-state index contributed by atoms with van der Waals surface area (Å²) in [5, 5.41) is 6.10. The van der Waals surface area contributed by atoms with Crippen LogP contribution in [0.3, 0.4) is 0 Å². The van der Waals surface area contributed by atoms with Gasteiger partial charge >= 0.3 is 0 Å². The Balaban J connectivity index is 1.39. The minimum Gasteiger partial charge on any atom is -0.343 e. The molecule has 3 aliphatic rings. The summed E-state index contributed by atoms with van der Waals surface area (Å²) in [7, 11) is 1.76. The van der Waals surface area contributed by atoms with Gasteiger partial charge < -0.3 is 20.4 Å². The van der Waals surface area contributed by atoms with Crippen LogP contribution in [0, 0.1) is 11.7 Å². The number of carbonyl (C=O) groups is 2. The Kier molecular flexibility index (Phi) is 7.74. The summed E-state index contributed by atoms with van der Waals surface area (Å²) in [6.45, 7) is 3.25. The van der Waals surface area contributed by atoms with Crippen molar-refractivity contribution in [3.05, 3.63) is 53.5 Å². The number of likely N-dealkylation sites (tertiary alicyclic amines) is 1. The standard InChI is InChI=1S/C29H38FN5O2/c1-19(31-2)28(36)33-27(21-7-4-3-5-8-21)29(37)35-15-6-9-24(35)22-12-14-32-26(17-22)34-16-13-20-10-11-23(30)18-25(20)34/h10-12,14,17-19,21,24,27,31H,3-9,13,15-16H2,1-2H3,(H,33,36)/t19-,24-,27-/m0/s1. The Morgan fingerprint density at radius 3 is 2.65 bits per heavy atom. The third-order valence-corrected chi connectivity index (χ3v) is 8.42. The molecule has 1 saturated carbocycles. The van der Waals surface area contributed by atoms with Crippen LogP contribution in [0.25, 0.3) is 0 Å². The normalized spacial score (nSPS) is 21.5. The van der Waals surface area contributed by atoms with Gasteiger partial charge in [0.2, 0.25) is 11.8 Å². The highest BCUT2D eigenvalue weighted by Crippen LogP contribution is 2.38. The minimum absolute atomic E-state index is 0.0259. The fourth-order valence-electron chi connectivity index (χ4n) is 6.19. The van der Waals surface area contributed by atoms with Crippen molar-refractivity contribution >= 4 is 23.3 Å². The van der Waals surface area contributed by atoms with Crippen LogP contribution >= 0.6 is 0 Å². The summed E-state index contributed by atoms with van der Waals surface area (Å²) in [5.74, 6) is 0.588. The van der Waals surface area contributed by atoms with Gasteiger partial charge in [0.1, 0.15) is 17.7 Å². The van der Waals surface area contributed by atoms with Gasteiger partial charge in [-0.3, -0.25) is 9.59 Å².